The van der Waals surface area contributed by atoms with Gasteiger partial charge in [-0.25, -0.2) is 9.97 Å². The average molecular weight is 256 g/mol. The highest BCUT2D eigenvalue weighted by atomic mass is 15.1. The van der Waals surface area contributed by atoms with Gasteiger partial charge in [0.25, 0.3) is 0 Å². The summed E-state index contributed by atoms with van der Waals surface area (Å²) >= 11 is 0. The first-order chi connectivity index (χ1) is 9.15. The lowest BCUT2D eigenvalue weighted by Gasteiger charge is -2.08. The molecule has 1 saturated carbocycles. The van der Waals surface area contributed by atoms with E-state index in [-0.39, 0.29) is 0 Å². The molecule has 1 fully saturated rings. The minimum absolute atomic E-state index is 0.470. The summed E-state index contributed by atoms with van der Waals surface area (Å²) in [6.07, 6.45) is 8.88. The molecule has 1 N–H and O–H groups in total. The van der Waals surface area contributed by atoms with Crippen molar-refractivity contribution in [3.8, 4) is 0 Å². The van der Waals surface area contributed by atoms with Crippen molar-refractivity contribution in [1.82, 2.24) is 14.5 Å². The molecule has 1 atom stereocenters. The van der Waals surface area contributed by atoms with E-state index in [1.165, 1.54) is 12.0 Å². The summed E-state index contributed by atoms with van der Waals surface area (Å²) in [6, 6.07) is 4.28. The number of pyridine rings is 1. The Morgan fingerprint density at radius 2 is 2.26 bits per heavy atom. The molecule has 2 aromatic rings. The molecule has 2 aromatic heterocycles. The zero-order valence-corrected chi connectivity index (χ0v) is 11.5. The van der Waals surface area contributed by atoms with E-state index in [2.05, 4.69) is 41.3 Å². The second kappa shape index (κ2) is 4.68. The average Bonchev–Trinajstić information content (AvgIpc) is 2.81. The van der Waals surface area contributed by atoms with Gasteiger partial charge in [0.1, 0.15) is 5.82 Å². The van der Waals surface area contributed by atoms with Crippen LogP contribution in [-0.2, 0) is 6.54 Å². The Hall–Kier alpha value is -1.84. The largest absolute Gasteiger partial charge is 0.368 e. The number of nitrogens with zero attached hydrogens (tertiary/aromatic N) is 3. The fourth-order valence-electron chi connectivity index (χ4n) is 2.48. The topological polar surface area (TPSA) is 42.7 Å². The van der Waals surface area contributed by atoms with Crippen LogP contribution in [0.15, 0.2) is 37.1 Å². The Kier molecular flexibility index (Phi) is 3.01. The first kappa shape index (κ1) is 12.2. The molecule has 100 valence electrons. The van der Waals surface area contributed by atoms with Gasteiger partial charge in [0, 0.05) is 31.7 Å². The van der Waals surface area contributed by atoms with Crippen LogP contribution >= 0.6 is 0 Å². The lowest BCUT2D eigenvalue weighted by Crippen LogP contribution is -2.10. The summed E-state index contributed by atoms with van der Waals surface area (Å²) in [5.41, 5.74) is 1.84. The number of hydrogen-bond donors (Lipinski definition) is 1. The molecule has 3 rings (SSSR count). The normalized spacial score (nSPS) is 20.2. The van der Waals surface area contributed by atoms with Gasteiger partial charge in [-0.05, 0) is 29.4 Å². The molecule has 0 spiro atoms. The number of aromatic nitrogens is 3. The van der Waals surface area contributed by atoms with Crippen LogP contribution in [0.3, 0.4) is 0 Å². The van der Waals surface area contributed by atoms with E-state index in [4.69, 9.17) is 0 Å². The summed E-state index contributed by atoms with van der Waals surface area (Å²) in [5.74, 6) is 1.64. The first-order valence-electron chi connectivity index (χ1n) is 6.81. The van der Waals surface area contributed by atoms with Crippen molar-refractivity contribution >= 4 is 5.82 Å². The summed E-state index contributed by atoms with van der Waals surface area (Å²) in [4.78, 5) is 8.51. The van der Waals surface area contributed by atoms with E-state index in [0.717, 1.165) is 18.9 Å². The summed E-state index contributed by atoms with van der Waals surface area (Å²) in [7, 11) is 0. The predicted octanol–water partition coefficient (Wildman–Crippen LogP) is 2.90. The van der Waals surface area contributed by atoms with Crippen LogP contribution < -0.4 is 5.32 Å². The maximum absolute atomic E-state index is 4.49. The Labute approximate surface area is 113 Å². The molecule has 4 heteroatoms. The van der Waals surface area contributed by atoms with E-state index >= 15 is 0 Å². The Morgan fingerprint density at radius 3 is 2.84 bits per heavy atom. The number of hydrogen-bond acceptors (Lipinski definition) is 3. The SMILES string of the molecule is CC1(C)CC1c1ccc(NCCn2ccnc2)nc1. The van der Waals surface area contributed by atoms with Gasteiger partial charge < -0.3 is 9.88 Å². The highest BCUT2D eigenvalue weighted by Crippen LogP contribution is 2.58. The quantitative estimate of drug-likeness (QED) is 0.894. The first-order valence-corrected chi connectivity index (χ1v) is 6.81. The molecule has 0 saturated heterocycles. The fraction of sp³-hybridized carbons (Fsp3) is 0.467. The molecule has 0 aromatic carbocycles. The van der Waals surface area contributed by atoms with Crippen LogP contribution in [0.2, 0.25) is 0 Å². The lowest BCUT2D eigenvalue weighted by molar-refractivity contribution is 0.621. The highest BCUT2D eigenvalue weighted by Gasteiger charge is 2.46. The van der Waals surface area contributed by atoms with Gasteiger partial charge in [-0.3, -0.25) is 0 Å². The third kappa shape index (κ3) is 2.78. The van der Waals surface area contributed by atoms with Gasteiger partial charge in [-0.15, -0.1) is 0 Å². The molecule has 0 radical (unpaired) electrons. The zero-order chi connectivity index (χ0) is 13.3. The smallest absolute Gasteiger partial charge is 0.125 e. The number of imidazole rings is 1. The van der Waals surface area contributed by atoms with Crippen molar-refractivity contribution in [2.24, 2.45) is 5.41 Å². The standard InChI is InChI=1S/C15H20N4/c1-15(2)9-13(15)12-3-4-14(18-10-12)17-6-8-19-7-5-16-11-19/h3-5,7,10-11,13H,6,8-9H2,1-2H3,(H,17,18). The number of anilines is 1. The third-order valence-electron chi connectivity index (χ3n) is 3.94. The zero-order valence-electron chi connectivity index (χ0n) is 11.5. The minimum Gasteiger partial charge on any atom is -0.368 e. The molecule has 1 aliphatic rings. The van der Waals surface area contributed by atoms with Gasteiger partial charge in [0.05, 0.1) is 6.33 Å². The van der Waals surface area contributed by atoms with Crippen LogP contribution in [0.4, 0.5) is 5.82 Å². The van der Waals surface area contributed by atoms with E-state index < -0.39 is 0 Å². The van der Waals surface area contributed by atoms with E-state index in [1.54, 1.807) is 6.20 Å². The second-order valence-corrected chi connectivity index (χ2v) is 5.95. The summed E-state index contributed by atoms with van der Waals surface area (Å²) in [5, 5.41) is 3.33. The van der Waals surface area contributed by atoms with Crippen LogP contribution in [0.5, 0.6) is 0 Å². The molecule has 0 aliphatic heterocycles. The highest BCUT2D eigenvalue weighted by molar-refractivity contribution is 5.38. The predicted molar refractivity (Wildman–Crippen MR) is 76.1 cm³/mol. The molecule has 4 nitrogen and oxygen atoms in total. The second-order valence-electron chi connectivity index (χ2n) is 5.95. The number of rotatable bonds is 5. The fourth-order valence-corrected chi connectivity index (χ4v) is 2.48. The van der Waals surface area contributed by atoms with Gasteiger partial charge in [-0.2, -0.15) is 0 Å². The van der Waals surface area contributed by atoms with Gasteiger partial charge in [0.2, 0.25) is 0 Å². The van der Waals surface area contributed by atoms with E-state index in [0.29, 0.717) is 11.3 Å². The van der Waals surface area contributed by atoms with Crippen LogP contribution in [0.1, 0.15) is 31.7 Å². The molecule has 0 amide bonds. The van der Waals surface area contributed by atoms with Crippen LogP contribution in [0, 0.1) is 5.41 Å². The molecule has 0 bridgehead atoms. The Bertz CT molecular complexity index is 528. The van der Waals surface area contributed by atoms with Crippen LogP contribution in [-0.4, -0.2) is 21.1 Å². The molecule has 19 heavy (non-hydrogen) atoms. The Morgan fingerprint density at radius 1 is 1.42 bits per heavy atom. The lowest BCUT2D eigenvalue weighted by atomic mass is 10.1. The summed E-state index contributed by atoms with van der Waals surface area (Å²) in [6.45, 7) is 6.39. The van der Waals surface area contributed by atoms with Crippen LogP contribution in [0.25, 0.3) is 0 Å². The van der Waals surface area contributed by atoms with Gasteiger partial charge in [0.15, 0.2) is 0 Å². The van der Waals surface area contributed by atoms with Crippen molar-refractivity contribution in [1.29, 1.82) is 0 Å². The maximum atomic E-state index is 4.49. The molecular weight excluding hydrogens is 236 g/mol. The van der Waals surface area contributed by atoms with E-state index in [1.807, 2.05) is 23.3 Å². The van der Waals surface area contributed by atoms with Crippen molar-refractivity contribution in [2.75, 3.05) is 11.9 Å². The number of nitrogens with one attached hydrogen (secondary N) is 1. The summed E-state index contributed by atoms with van der Waals surface area (Å²) < 4.78 is 2.05. The Balaban J connectivity index is 1.52. The van der Waals surface area contributed by atoms with Crippen molar-refractivity contribution in [3.05, 3.63) is 42.6 Å². The minimum atomic E-state index is 0.470. The monoisotopic (exact) mass is 256 g/mol. The van der Waals surface area contributed by atoms with Crippen molar-refractivity contribution < 1.29 is 0 Å². The van der Waals surface area contributed by atoms with Crippen molar-refractivity contribution in [3.63, 3.8) is 0 Å². The maximum Gasteiger partial charge on any atom is 0.125 e. The van der Waals surface area contributed by atoms with Crippen molar-refractivity contribution in [2.45, 2.75) is 32.7 Å². The molecule has 1 unspecified atom stereocenters. The van der Waals surface area contributed by atoms with E-state index in [9.17, 15) is 0 Å². The molecular formula is C15H20N4. The van der Waals surface area contributed by atoms with Gasteiger partial charge >= 0.3 is 0 Å². The van der Waals surface area contributed by atoms with Gasteiger partial charge in [-0.1, -0.05) is 19.9 Å². The molecule has 1 aliphatic carbocycles. The molecule has 2 heterocycles. The third-order valence-corrected chi connectivity index (χ3v) is 3.94.